The van der Waals surface area contributed by atoms with Crippen LogP contribution in [0.4, 0.5) is 5.69 Å². The molecule has 0 bridgehead atoms. The molecule has 1 aromatic carbocycles. The van der Waals surface area contributed by atoms with Gasteiger partial charge in [0, 0.05) is 30.8 Å². The lowest BCUT2D eigenvalue weighted by molar-refractivity contribution is 0.549. The smallest absolute Gasteiger partial charge is 0.102 e. The third kappa shape index (κ3) is 3.25. The average Bonchev–Trinajstić information content (AvgIpc) is 2.77. The van der Waals surface area contributed by atoms with E-state index < -0.39 is 0 Å². The Morgan fingerprint density at radius 3 is 2.67 bits per heavy atom. The van der Waals surface area contributed by atoms with Crippen LogP contribution in [-0.4, -0.2) is 9.78 Å². The van der Waals surface area contributed by atoms with Crippen molar-refractivity contribution in [2.24, 2.45) is 7.05 Å². The summed E-state index contributed by atoms with van der Waals surface area (Å²) in [5.41, 5.74) is 4.83. The summed E-state index contributed by atoms with van der Waals surface area (Å²) in [4.78, 5) is 0. The van der Waals surface area contributed by atoms with Crippen molar-refractivity contribution in [3.8, 4) is 6.07 Å². The summed E-state index contributed by atoms with van der Waals surface area (Å²) in [6.07, 6.45) is 2.04. The van der Waals surface area contributed by atoms with Gasteiger partial charge < -0.3 is 5.32 Å². The molecule has 1 N–H and O–H groups in total. The van der Waals surface area contributed by atoms with Crippen molar-refractivity contribution >= 4 is 5.69 Å². The molecule has 4 nitrogen and oxygen atoms in total. The van der Waals surface area contributed by atoms with Crippen molar-refractivity contribution in [1.82, 2.24) is 9.78 Å². The molecule has 0 fully saturated rings. The first-order chi connectivity index (χ1) is 9.82. The normalized spacial score (nSPS) is 11.2. The van der Waals surface area contributed by atoms with Gasteiger partial charge in [0.15, 0.2) is 0 Å². The van der Waals surface area contributed by atoms with Gasteiger partial charge in [0.25, 0.3) is 0 Å². The number of nitrogens with zero attached hydrogens (tertiary/aromatic N) is 3. The maximum absolute atomic E-state index is 9.28. The minimum atomic E-state index is 0.00291. The second-order valence-corrected chi connectivity index (χ2v) is 6.39. The molecule has 4 heteroatoms. The number of nitrogens with one attached hydrogen (secondary N) is 1. The molecule has 110 valence electrons. The van der Waals surface area contributed by atoms with Crippen molar-refractivity contribution in [2.45, 2.75) is 39.7 Å². The summed E-state index contributed by atoms with van der Waals surface area (Å²) in [7, 11) is 1.94. The number of nitriles is 1. The van der Waals surface area contributed by atoms with E-state index in [1.807, 2.05) is 43.0 Å². The van der Waals surface area contributed by atoms with Crippen molar-refractivity contribution in [1.29, 1.82) is 5.26 Å². The van der Waals surface area contributed by atoms with Crippen molar-refractivity contribution in [3.05, 3.63) is 46.8 Å². The topological polar surface area (TPSA) is 53.6 Å². The minimum Gasteiger partial charge on any atom is -0.380 e. The number of benzene rings is 1. The van der Waals surface area contributed by atoms with E-state index >= 15 is 0 Å². The highest BCUT2D eigenvalue weighted by atomic mass is 15.3. The zero-order valence-electron chi connectivity index (χ0n) is 13.4. The number of rotatable bonds is 3. The maximum atomic E-state index is 9.28. The Balaban J connectivity index is 2.26. The van der Waals surface area contributed by atoms with Crippen LogP contribution >= 0.6 is 0 Å². The molecule has 0 atom stereocenters. The van der Waals surface area contributed by atoms with Crippen LogP contribution in [0.1, 0.15) is 43.2 Å². The van der Waals surface area contributed by atoms with Crippen molar-refractivity contribution in [3.63, 3.8) is 0 Å². The van der Waals surface area contributed by atoms with Crippen LogP contribution in [0.5, 0.6) is 0 Å². The van der Waals surface area contributed by atoms with Crippen LogP contribution in [-0.2, 0) is 19.0 Å². The standard InChI is InChI=1S/C17H22N4/c1-12-7-6-8-15(14(12)9-18)19-10-13-11-21(5)20-16(13)17(2,3)4/h6-8,11,19H,10H2,1-5H3. The Morgan fingerprint density at radius 1 is 1.33 bits per heavy atom. The van der Waals surface area contributed by atoms with Gasteiger partial charge in [-0.2, -0.15) is 10.4 Å². The van der Waals surface area contributed by atoms with E-state index in [1.54, 1.807) is 0 Å². The Morgan fingerprint density at radius 2 is 2.05 bits per heavy atom. The molecular weight excluding hydrogens is 260 g/mol. The molecule has 0 amide bonds. The second kappa shape index (κ2) is 5.61. The molecule has 21 heavy (non-hydrogen) atoms. The van der Waals surface area contributed by atoms with Gasteiger partial charge in [-0.1, -0.05) is 32.9 Å². The first kappa shape index (κ1) is 15.1. The predicted molar refractivity (Wildman–Crippen MR) is 85.1 cm³/mol. The van der Waals surface area contributed by atoms with Crippen molar-refractivity contribution in [2.75, 3.05) is 5.32 Å². The van der Waals surface area contributed by atoms with Gasteiger partial charge in [0.2, 0.25) is 0 Å². The first-order valence-electron chi connectivity index (χ1n) is 7.09. The summed E-state index contributed by atoms with van der Waals surface area (Å²) >= 11 is 0. The van der Waals surface area contributed by atoms with Crippen LogP contribution in [0.15, 0.2) is 24.4 Å². The largest absolute Gasteiger partial charge is 0.380 e. The zero-order chi connectivity index (χ0) is 15.6. The summed E-state index contributed by atoms with van der Waals surface area (Å²) in [5.74, 6) is 0. The van der Waals surface area contributed by atoms with Gasteiger partial charge in [0.05, 0.1) is 16.9 Å². The highest BCUT2D eigenvalue weighted by molar-refractivity contribution is 5.60. The van der Waals surface area contributed by atoms with Crippen molar-refractivity contribution < 1.29 is 0 Å². The zero-order valence-corrected chi connectivity index (χ0v) is 13.4. The number of hydrogen-bond acceptors (Lipinski definition) is 3. The SMILES string of the molecule is Cc1cccc(NCc2cn(C)nc2C(C)(C)C)c1C#N. The fourth-order valence-corrected chi connectivity index (χ4v) is 2.45. The van der Waals surface area contributed by atoms with Crippen LogP contribution < -0.4 is 5.32 Å². The third-order valence-electron chi connectivity index (χ3n) is 3.47. The Bertz CT molecular complexity index is 684. The van der Waals surface area contributed by atoms with Gasteiger partial charge in [-0.3, -0.25) is 4.68 Å². The molecule has 0 saturated carbocycles. The van der Waals surface area contributed by atoms with Gasteiger partial charge in [-0.25, -0.2) is 0 Å². The van der Waals surface area contributed by atoms with E-state index in [-0.39, 0.29) is 5.41 Å². The molecule has 0 aliphatic heterocycles. The average molecular weight is 282 g/mol. The molecule has 2 rings (SSSR count). The molecule has 0 spiro atoms. The Hall–Kier alpha value is -2.28. The highest BCUT2D eigenvalue weighted by Crippen LogP contribution is 2.25. The predicted octanol–water partition coefficient (Wildman–Crippen LogP) is 3.51. The lowest BCUT2D eigenvalue weighted by atomic mass is 9.89. The van der Waals surface area contributed by atoms with E-state index in [1.165, 1.54) is 0 Å². The summed E-state index contributed by atoms with van der Waals surface area (Å²) in [6, 6.07) is 8.13. The van der Waals surface area contributed by atoms with E-state index in [4.69, 9.17) is 0 Å². The molecule has 1 heterocycles. The fourth-order valence-electron chi connectivity index (χ4n) is 2.45. The quantitative estimate of drug-likeness (QED) is 0.937. The monoisotopic (exact) mass is 282 g/mol. The van der Waals surface area contributed by atoms with Crippen LogP contribution in [0.2, 0.25) is 0 Å². The minimum absolute atomic E-state index is 0.00291. The van der Waals surface area contributed by atoms with Crippen LogP contribution in [0.3, 0.4) is 0 Å². The lowest BCUT2D eigenvalue weighted by Crippen LogP contribution is -2.16. The Labute approximate surface area is 126 Å². The second-order valence-electron chi connectivity index (χ2n) is 6.39. The Kier molecular flexibility index (Phi) is 4.04. The van der Waals surface area contributed by atoms with E-state index in [0.717, 1.165) is 22.5 Å². The molecule has 0 aliphatic carbocycles. The number of aryl methyl sites for hydroxylation is 2. The molecule has 0 radical (unpaired) electrons. The van der Waals surface area contributed by atoms with Gasteiger partial charge in [0.1, 0.15) is 6.07 Å². The van der Waals surface area contributed by atoms with E-state index in [2.05, 4.69) is 37.3 Å². The summed E-state index contributed by atoms with van der Waals surface area (Å²) in [6.45, 7) is 9.09. The van der Waals surface area contributed by atoms with Gasteiger partial charge in [-0.15, -0.1) is 0 Å². The fraction of sp³-hybridized carbons (Fsp3) is 0.412. The molecule has 2 aromatic rings. The molecule has 0 saturated heterocycles. The number of hydrogen-bond donors (Lipinski definition) is 1. The summed E-state index contributed by atoms with van der Waals surface area (Å²) in [5, 5.41) is 17.2. The lowest BCUT2D eigenvalue weighted by Gasteiger charge is -2.18. The summed E-state index contributed by atoms with van der Waals surface area (Å²) < 4.78 is 1.85. The number of aromatic nitrogens is 2. The van der Waals surface area contributed by atoms with Crippen LogP contribution in [0, 0.1) is 18.3 Å². The van der Waals surface area contributed by atoms with E-state index in [0.29, 0.717) is 12.1 Å². The number of anilines is 1. The molecular formula is C17H22N4. The third-order valence-corrected chi connectivity index (χ3v) is 3.47. The highest BCUT2D eigenvalue weighted by Gasteiger charge is 2.21. The first-order valence-corrected chi connectivity index (χ1v) is 7.09. The molecule has 0 aliphatic rings. The molecule has 1 aromatic heterocycles. The van der Waals surface area contributed by atoms with Gasteiger partial charge in [-0.05, 0) is 18.6 Å². The van der Waals surface area contributed by atoms with E-state index in [9.17, 15) is 5.26 Å². The molecule has 0 unspecified atom stereocenters. The van der Waals surface area contributed by atoms with Gasteiger partial charge >= 0.3 is 0 Å². The van der Waals surface area contributed by atoms with Crippen LogP contribution in [0.25, 0.3) is 0 Å². The maximum Gasteiger partial charge on any atom is 0.102 e.